The first-order valence-electron chi connectivity index (χ1n) is 10.2. The van der Waals surface area contributed by atoms with Crippen LogP contribution >= 0.6 is 0 Å². The lowest BCUT2D eigenvalue weighted by molar-refractivity contribution is -0.124. The Labute approximate surface area is 171 Å². The molecule has 0 aliphatic heterocycles. The fourth-order valence-corrected chi connectivity index (χ4v) is 3.41. The molecule has 6 nitrogen and oxygen atoms in total. The Morgan fingerprint density at radius 2 is 1.69 bits per heavy atom. The van der Waals surface area contributed by atoms with E-state index in [1.165, 1.54) is 19.3 Å². The fourth-order valence-electron chi connectivity index (χ4n) is 3.41. The highest BCUT2D eigenvalue weighted by Crippen LogP contribution is 2.24. The molecule has 1 saturated carbocycles. The zero-order chi connectivity index (χ0) is 20.5. The summed E-state index contributed by atoms with van der Waals surface area (Å²) in [4.78, 5) is 24.5. The van der Waals surface area contributed by atoms with Crippen LogP contribution in [0.25, 0.3) is 0 Å². The third kappa shape index (κ3) is 6.24. The molecule has 2 amide bonds. The van der Waals surface area contributed by atoms with Crippen molar-refractivity contribution in [1.29, 1.82) is 0 Å². The van der Waals surface area contributed by atoms with Crippen LogP contribution in [0.15, 0.2) is 48.5 Å². The molecule has 1 aliphatic rings. The Balaban J connectivity index is 1.50. The smallest absolute Gasteiger partial charge is 0.258 e. The van der Waals surface area contributed by atoms with Crippen LogP contribution < -0.4 is 20.1 Å². The largest absolute Gasteiger partial charge is 0.492 e. The highest BCUT2D eigenvalue weighted by Gasteiger charge is 2.16. The van der Waals surface area contributed by atoms with Gasteiger partial charge in [0.25, 0.3) is 11.8 Å². The average molecular weight is 396 g/mol. The minimum absolute atomic E-state index is 0.0240. The molecule has 2 aromatic carbocycles. The van der Waals surface area contributed by atoms with Crippen LogP contribution in [-0.4, -0.2) is 31.1 Å². The zero-order valence-corrected chi connectivity index (χ0v) is 16.8. The topological polar surface area (TPSA) is 76.7 Å². The van der Waals surface area contributed by atoms with E-state index in [0.717, 1.165) is 12.8 Å². The number of hydrogen-bond acceptors (Lipinski definition) is 4. The number of rotatable bonds is 8. The molecule has 0 spiro atoms. The quantitative estimate of drug-likeness (QED) is 0.702. The Bertz CT molecular complexity index is 814. The van der Waals surface area contributed by atoms with Crippen molar-refractivity contribution in [1.82, 2.24) is 5.32 Å². The van der Waals surface area contributed by atoms with E-state index in [0.29, 0.717) is 29.4 Å². The van der Waals surface area contributed by atoms with Crippen molar-refractivity contribution in [3.63, 3.8) is 0 Å². The van der Waals surface area contributed by atoms with E-state index < -0.39 is 0 Å². The van der Waals surface area contributed by atoms with Crippen LogP contribution in [0.5, 0.6) is 11.5 Å². The summed E-state index contributed by atoms with van der Waals surface area (Å²) in [6, 6.07) is 14.3. The Kier molecular flexibility index (Phi) is 7.50. The number of hydrogen-bond donors (Lipinski definition) is 2. The first-order valence-corrected chi connectivity index (χ1v) is 10.2. The second-order valence-electron chi connectivity index (χ2n) is 7.10. The molecule has 0 atom stereocenters. The van der Waals surface area contributed by atoms with Gasteiger partial charge in [0, 0.05) is 11.6 Å². The van der Waals surface area contributed by atoms with Gasteiger partial charge in [-0.2, -0.15) is 0 Å². The van der Waals surface area contributed by atoms with Crippen molar-refractivity contribution in [3.05, 3.63) is 54.1 Å². The van der Waals surface area contributed by atoms with Crippen LogP contribution in [0.3, 0.4) is 0 Å². The molecule has 1 aliphatic carbocycles. The van der Waals surface area contributed by atoms with Gasteiger partial charge < -0.3 is 20.1 Å². The van der Waals surface area contributed by atoms with Crippen LogP contribution in [0.2, 0.25) is 0 Å². The molecule has 1 fully saturated rings. The van der Waals surface area contributed by atoms with Crippen LogP contribution in [-0.2, 0) is 4.79 Å². The average Bonchev–Trinajstić information content (AvgIpc) is 2.75. The van der Waals surface area contributed by atoms with Crippen LogP contribution in [0.4, 0.5) is 5.69 Å². The van der Waals surface area contributed by atoms with E-state index in [2.05, 4.69) is 10.6 Å². The number of benzene rings is 2. The number of anilines is 1. The molecule has 0 saturated heterocycles. The summed E-state index contributed by atoms with van der Waals surface area (Å²) < 4.78 is 11.1. The summed E-state index contributed by atoms with van der Waals surface area (Å²) in [7, 11) is 0. The lowest BCUT2D eigenvalue weighted by Gasteiger charge is -2.22. The minimum Gasteiger partial charge on any atom is -0.492 e. The summed E-state index contributed by atoms with van der Waals surface area (Å²) in [5.41, 5.74) is 1.12. The van der Waals surface area contributed by atoms with Gasteiger partial charge in [-0.25, -0.2) is 0 Å². The number of nitrogens with one attached hydrogen (secondary N) is 2. The van der Waals surface area contributed by atoms with Gasteiger partial charge in [-0.15, -0.1) is 0 Å². The second-order valence-corrected chi connectivity index (χ2v) is 7.10. The number of para-hydroxylation sites is 2. The van der Waals surface area contributed by atoms with Gasteiger partial charge in [-0.3, -0.25) is 9.59 Å². The molecule has 3 rings (SSSR count). The van der Waals surface area contributed by atoms with E-state index in [1.807, 2.05) is 25.1 Å². The Morgan fingerprint density at radius 1 is 0.966 bits per heavy atom. The van der Waals surface area contributed by atoms with E-state index in [1.54, 1.807) is 30.3 Å². The molecule has 0 heterocycles. The predicted molar refractivity (Wildman–Crippen MR) is 113 cm³/mol. The molecule has 6 heteroatoms. The van der Waals surface area contributed by atoms with Gasteiger partial charge in [0.1, 0.15) is 11.5 Å². The third-order valence-corrected chi connectivity index (χ3v) is 4.89. The monoisotopic (exact) mass is 396 g/mol. The molecular weight excluding hydrogens is 368 g/mol. The van der Waals surface area contributed by atoms with Crippen molar-refractivity contribution in [3.8, 4) is 11.5 Å². The first kappa shape index (κ1) is 20.7. The van der Waals surface area contributed by atoms with Gasteiger partial charge >= 0.3 is 0 Å². The second kappa shape index (κ2) is 10.5. The normalized spacial score (nSPS) is 14.1. The SMILES string of the molecule is CCOc1ccccc1NC(=O)c1ccc(OCC(=O)NC2CCCCC2)cc1. The van der Waals surface area contributed by atoms with Gasteiger partial charge in [0.15, 0.2) is 6.61 Å². The van der Waals surface area contributed by atoms with Crippen molar-refractivity contribution in [2.75, 3.05) is 18.5 Å². The summed E-state index contributed by atoms with van der Waals surface area (Å²) in [5.74, 6) is 0.840. The van der Waals surface area contributed by atoms with Gasteiger partial charge in [0.2, 0.25) is 0 Å². The number of carbonyl (C=O) groups is 2. The maximum absolute atomic E-state index is 12.5. The van der Waals surface area contributed by atoms with E-state index in [-0.39, 0.29) is 24.5 Å². The fraction of sp³-hybridized carbons (Fsp3) is 0.391. The molecule has 0 unspecified atom stereocenters. The maximum atomic E-state index is 12.5. The summed E-state index contributed by atoms with van der Waals surface area (Å²) in [5, 5.41) is 5.88. The van der Waals surface area contributed by atoms with E-state index in [4.69, 9.17) is 9.47 Å². The lowest BCUT2D eigenvalue weighted by atomic mass is 9.95. The summed E-state index contributed by atoms with van der Waals surface area (Å²) in [6.07, 6.45) is 5.68. The highest BCUT2D eigenvalue weighted by atomic mass is 16.5. The highest BCUT2D eigenvalue weighted by molar-refractivity contribution is 6.05. The standard InChI is InChI=1S/C23H28N2O4/c1-2-28-21-11-7-6-10-20(21)25-23(27)17-12-14-19(15-13-17)29-16-22(26)24-18-8-4-3-5-9-18/h6-7,10-15,18H,2-5,8-9,16H2,1H3,(H,24,26)(H,25,27). The third-order valence-electron chi connectivity index (χ3n) is 4.89. The molecule has 2 N–H and O–H groups in total. The maximum Gasteiger partial charge on any atom is 0.258 e. The van der Waals surface area contributed by atoms with Gasteiger partial charge in [-0.1, -0.05) is 31.4 Å². The zero-order valence-electron chi connectivity index (χ0n) is 16.8. The minimum atomic E-state index is -0.237. The molecule has 0 bridgehead atoms. The van der Waals surface area contributed by atoms with E-state index >= 15 is 0 Å². The van der Waals surface area contributed by atoms with Gasteiger partial charge in [0.05, 0.1) is 12.3 Å². The predicted octanol–water partition coefficient (Wildman–Crippen LogP) is 4.17. The first-order chi connectivity index (χ1) is 14.2. The lowest BCUT2D eigenvalue weighted by Crippen LogP contribution is -2.38. The summed E-state index contributed by atoms with van der Waals surface area (Å²) in [6.45, 7) is 2.39. The molecule has 2 aromatic rings. The number of amides is 2. The number of carbonyl (C=O) groups excluding carboxylic acids is 2. The Morgan fingerprint density at radius 3 is 2.41 bits per heavy atom. The molecule has 0 aromatic heterocycles. The molecule has 29 heavy (non-hydrogen) atoms. The molecular formula is C23H28N2O4. The van der Waals surface area contributed by atoms with Crippen LogP contribution in [0.1, 0.15) is 49.4 Å². The Hall–Kier alpha value is -3.02. The van der Waals surface area contributed by atoms with Crippen LogP contribution in [0, 0.1) is 0 Å². The summed E-state index contributed by atoms with van der Waals surface area (Å²) >= 11 is 0. The van der Waals surface area contributed by atoms with Crippen molar-refractivity contribution in [2.24, 2.45) is 0 Å². The van der Waals surface area contributed by atoms with Crippen molar-refractivity contribution in [2.45, 2.75) is 45.1 Å². The van der Waals surface area contributed by atoms with Crippen molar-refractivity contribution < 1.29 is 19.1 Å². The molecule has 0 radical (unpaired) electrons. The molecule has 154 valence electrons. The van der Waals surface area contributed by atoms with Gasteiger partial charge in [-0.05, 0) is 56.2 Å². The number of ether oxygens (including phenoxy) is 2. The van der Waals surface area contributed by atoms with Crippen molar-refractivity contribution >= 4 is 17.5 Å². The van der Waals surface area contributed by atoms with E-state index in [9.17, 15) is 9.59 Å².